The number of thioether (sulfide) groups is 1. The van der Waals surface area contributed by atoms with Crippen molar-refractivity contribution < 1.29 is 0 Å². The molecule has 0 radical (unpaired) electrons. The van der Waals surface area contributed by atoms with Gasteiger partial charge >= 0.3 is 0 Å². The van der Waals surface area contributed by atoms with Crippen LogP contribution in [0.1, 0.15) is 29.6 Å². The van der Waals surface area contributed by atoms with E-state index in [-0.39, 0.29) is 5.56 Å². The van der Waals surface area contributed by atoms with Gasteiger partial charge in [0.1, 0.15) is 5.01 Å². The van der Waals surface area contributed by atoms with E-state index in [0.717, 1.165) is 23.0 Å². The predicted molar refractivity (Wildman–Crippen MR) is 77.5 cm³/mol. The highest BCUT2D eigenvalue weighted by molar-refractivity contribution is 7.98. The summed E-state index contributed by atoms with van der Waals surface area (Å²) in [5, 5.41) is 17.7. The van der Waals surface area contributed by atoms with Gasteiger partial charge in [0.15, 0.2) is 0 Å². The summed E-state index contributed by atoms with van der Waals surface area (Å²) in [6.45, 7) is 1.80. The van der Waals surface area contributed by atoms with Gasteiger partial charge in [-0.15, -0.1) is 5.10 Å². The van der Waals surface area contributed by atoms with Crippen molar-refractivity contribution in [2.45, 2.75) is 36.7 Å². The first-order valence-electron chi connectivity index (χ1n) is 6.48. The number of aromatic nitrogens is 7. The lowest BCUT2D eigenvalue weighted by atomic mass is 10.5. The van der Waals surface area contributed by atoms with Crippen molar-refractivity contribution in [2.24, 2.45) is 0 Å². The molecule has 0 aliphatic heterocycles. The third-order valence-electron chi connectivity index (χ3n) is 3.10. The molecule has 3 heterocycles. The molecule has 1 fully saturated rings. The second-order valence-corrected chi connectivity index (χ2v) is 6.83. The fourth-order valence-corrected chi connectivity index (χ4v) is 3.85. The second kappa shape index (κ2) is 4.88. The molecule has 3 aromatic rings. The zero-order valence-corrected chi connectivity index (χ0v) is 12.8. The molecule has 8 nitrogen and oxygen atoms in total. The number of rotatable bonds is 4. The molecule has 0 aromatic carbocycles. The van der Waals surface area contributed by atoms with E-state index < -0.39 is 0 Å². The summed E-state index contributed by atoms with van der Waals surface area (Å²) in [4.78, 5) is 16.8. The molecule has 0 unspecified atom stereocenters. The fraction of sp³-hybridized carbons (Fsp3) is 0.455. The lowest BCUT2D eigenvalue weighted by molar-refractivity contribution is 0.565. The zero-order chi connectivity index (χ0) is 14.4. The number of nitrogens with zero attached hydrogens (tertiary/aromatic N) is 7. The minimum absolute atomic E-state index is 0.146. The predicted octanol–water partition coefficient (Wildman–Crippen LogP) is 1.07. The first kappa shape index (κ1) is 12.9. The Hall–Kier alpha value is -1.81. The van der Waals surface area contributed by atoms with Gasteiger partial charge in [-0.2, -0.15) is 9.61 Å². The van der Waals surface area contributed by atoms with E-state index in [2.05, 4.69) is 25.6 Å². The molecule has 1 aliphatic carbocycles. The molecule has 0 N–H and O–H groups in total. The Morgan fingerprint density at radius 2 is 2.33 bits per heavy atom. The molecular weight excluding hydrogens is 310 g/mol. The van der Waals surface area contributed by atoms with E-state index in [1.807, 2.05) is 4.68 Å². The molecule has 0 saturated heterocycles. The Labute approximate surface area is 127 Å². The van der Waals surface area contributed by atoms with Gasteiger partial charge in [0.25, 0.3) is 5.56 Å². The highest BCUT2D eigenvalue weighted by atomic mass is 32.2. The van der Waals surface area contributed by atoms with Gasteiger partial charge in [-0.25, -0.2) is 9.67 Å². The van der Waals surface area contributed by atoms with Crippen molar-refractivity contribution in [2.75, 3.05) is 0 Å². The number of hydrogen-bond acceptors (Lipinski definition) is 8. The third kappa shape index (κ3) is 2.44. The Balaban J connectivity index is 1.58. The Morgan fingerprint density at radius 1 is 1.48 bits per heavy atom. The van der Waals surface area contributed by atoms with Crippen LogP contribution in [-0.2, 0) is 5.75 Å². The van der Waals surface area contributed by atoms with E-state index >= 15 is 0 Å². The van der Waals surface area contributed by atoms with Crippen LogP contribution in [0.4, 0.5) is 0 Å². The first-order valence-corrected chi connectivity index (χ1v) is 8.28. The van der Waals surface area contributed by atoms with E-state index in [4.69, 9.17) is 0 Å². The third-order valence-corrected chi connectivity index (χ3v) is 5.13. The van der Waals surface area contributed by atoms with Gasteiger partial charge in [-0.05, 0) is 30.2 Å². The summed E-state index contributed by atoms with van der Waals surface area (Å²) in [5.74, 6) is 0.625. The number of aryl methyl sites for hydroxylation is 1. The summed E-state index contributed by atoms with van der Waals surface area (Å²) in [6.07, 6.45) is 2.27. The Bertz CT molecular complexity index is 863. The van der Waals surface area contributed by atoms with Gasteiger partial charge < -0.3 is 0 Å². The maximum absolute atomic E-state index is 11.8. The largest absolute Gasteiger partial charge is 0.275 e. The van der Waals surface area contributed by atoms with Crippen molar-refractivity contribution in [1.29, 1.82) is 0 Å². The lowest BCUT2D eigenvalue weighted by Gasteiger charge is -1.99. The molecule has 4 rings (SSSR count). The smallest absolute Gasteiger partial charge is 0.267 e. The van der Waals surface area contributed by atoms with Crippen LogP contribution >= 0.6 is 23.1 Å². The number of tetrazole rings is 1. The topological polar surface area (TPSA) is 90.9 Å². The molecule has 10 heteroatoms. The van der Waals surface area contributed by atoms with Crippen LogP contribution in [0.25, 0.3) is 4.96 Å². The minimum Gasteiger partial charge on any atom is -0.267 e. The molecule has 0 bridgehead atoms. The van der Waals surface area contributed by atoms with Crippen LogP contribution in [0, 0.1) is 6.92 Å². The summed E-state index contributed by atoms with van der Waals surface area (Å²) in [5.41, 5.74) is 0.563. The second-order valence-electron chi connectivity index (χ2n) is 4.85. The maximum atomic E-state index is 11.8. The van der Waals surface area contributed by atoms with Gasteiger partial charge in [0.2, 0.25) is 10.1 Å². The monoisotopic (exact) mass is 321 g/mol. The van der Waals surface area contributed by atoms with E-state index in [9.17, 15) is 4.79 Å². The normalized spacial score (nSPS) is 14.9. The SMILES string of the molecule is Cc1cc(=O)n2nc(CSc3nnnn3C3CC3)sc2n1. The highest BCUT2D eigenvalue weighted by Gasteiger charge is 2.28. The molecule has 108 valence electrons. The van der Waals surface area contributed by atoms with Crippen molar-refractivity contribution in [3.8, 4) is 0 Å². The van der Waals surface area contributed by atoms with Crippen molar-refractivity contribution in [3.05, 3.63) is 27.1 Å². The Morgan fingerprint density at radius 3 is 3.14 bits per heavy atom. The van der Waals surface area contributed by atoms with Crippen LogP contribution in [0.15, 0.2) is 16.0 Å². The number of fused-ring (bicyclic) bond motifs is 1. The standard InChI is InChI=1S/C11H11N7OS2/c1-6-4-9(19)18-10(12-6)21-8(14-18)5-20-11-13-15-16-17(11)7-2-3-7/h4,7H,2-3,5H2,1H3. The molecular formula is C11H11N7OS2. The average Bonchev–Trinajstić information content (AvgIpc) is 3.03. The van der Waals surface area contributed by atoms with Crippen molar-refractivity contribution >= 4 is 28.1 Å². The summed E-state index contributed by atoms with van der Waals surface area (Å²) < 4.78 is 3.21. The minimum atomic E-state index is -0.146. The lowest BCUT2D eigenvalue weighted by Crippen LogP contribution is -2.14. The van der Waals surface area contributed by atoms with Crippen LogP contribution < -0.4 is 5.56 Å². The van der Waals surface area contributed by atoms with E-state index in [1.54, 1.807) is 6.92 Å². The molecule has 1 aliphatic rings. The van der Waals surface area contributed by atoms with Gasteiger partial charge in [-0.3, -0.25) is 4.79 Å². The van der Waals surface area contributed by atoms with Crippen molar-refractivity contribution in [3.63, 3.8) is 0 Å². The quantitative estimate of drug-likeness (QED) is 0.664. The molecule has 0 spiro atoms. The van der Waals surface area contributed by atoms with Crippen LogP contribution in [-0.4, -0.2) is 34.8 Å². The Kier molecular flexibility index (Phi) is 3.00. The van der Waals surface area contributed by atoms with Gasteiger partial charge in [-0.1, -0.05) is 23.1 Å². The molecule has 1 saturated carbocycles. The van der Waals surface area contributed by atoms with Gasteiger partial charge in [0.05, 0.1) is 11.8 Å². The molecule has 0 atom stereocenters. The first-order chi connectivity index (χ1) is 10.2. The van der Waals surface area contributed by atoms with Crippen LogP contribution in [0.3, 0.4) is 0 Å². The molecule has 21 heavy (non-hydrogen) atoms. The highest BCUT2D eigenvalue weighted by Crippen LogP contribution is 2.37. The van der Waals surface area contributed by atoms with Crippen LogP contribution in [0.2, 0.25) is 0 Å². The average molecular weight is 321 g/mol. The zero-order valence-electron chi connectivity index (χ0n) is 11.1. The molecule has 0 amide bonds. The molecule has 3 aromatic heterocycles. The number of hydrogen-bond donors (Lipinski definition) is 0. The van der Waals surface area contributed by atoms with Gasteiger partial charge in [0, 0.05) is 11.8 Å². The summed E-state index contributed by atoms with van der Waals surface area (Å²) in [7, 11) is 0. The fourth-order valence-electron chi connectivity index (χ4n) is 1.97. The summed E-state index contributed by atoms with van der Waals surface area (Å²) >= 11 is 2.95. The van der Waals surface area contributed by atoms with Crippen molar-refractivity contribution in [1.82, 2.24) is 34.8 Å². The van der Waals surface area contributed by atoms with Crippen LogP contribution in [0.5, 0.6) is 0 Å². The summed E-state index contributed by atoms with van der Waals surface area (Å²) in [6, 6.07) is 1.93. The van der Waals surface area contributed by atoms with E-state index in [1.165, 1.54) is 33.7 Å². The van der Waals surface area contributed by atoms with E-state index in [0.29, 0.717) is 22.4 Å². The maximum Gasteiger partial charge on any atom is 0.275 e.